The number of amides is 1. The van der Waals surface area contributed by atoms with E-state index in [9.17, 15) is 4.79 Å². The van der Waals surface area contributed by atoms with Gasteiger partial charge in [0.2, 0.25) is 0 Å². The van der Waals surface area contributed by atoms with Gasteiger partial charge in [0.25, 0.3) is 5.91 Å². The molecule has 2 heterocycles. The van der Waals surface area contributed by atoms with Crippen LogP contribution in [0, 0.1) is 0 Å². The highest BCUT2D eigenvalue weighted by molar-refractivity contribution is 6.02. The topological polar surface area (TPSA) is 63.9 Å². The van der Waals surface area contributed by atoms with Gasteiger partial charge in [-0.05, 0) is 72.4 Å². The third-order valence-corrected chi connectivity index (χ3v) is 6.03. The largest absolute Gasteiger partial charge is 0.486 e. The third-order valence-electron chi connectivity index (χ3n) is 6.03. The summed E-state index contributed by atoms with van der Waals surface area (Å²) in [6.45, 7) is 4.54. The van der Waals surface area contributed by atoms with Gasteiger partial charge in [0.15, 0.2) is 5.76 Å². The molecule has 1 saturated heterocycles. The lowest BCUT2D eigenvalue weighted by Crippen LogP contribution is -2.35. The van der Waals surface area contributed by atoms with Crippen molar-refractivity contribution in [2.75, 3.05) is 31.6 Å². The quantitative estimate of drug-likeness (QED) is 0.598. The maximum absolute atomic E-state index is 12.7. The van der Waals surface area contributed by atoms with Crippen LogP contribution in [0.1, 0.15) is 39.4 Å². The number of anilines is 1. The Morgan fingerprint density at radius 3 is 2.78 bits per heavy atom. The van der Waals surface area contributed by atoms with E-state index in [-0.39, 0.29) is 11.7 Å². The number of benzene rings is 2. The molecule has 32 heavy (non-hydrogen) atoms. The number of carbonyl (C=O) groups excluding carboxylic acids is 1. The van der Waals surface area contributed by atoms with Gasteiger partial charge in [0, 0.05) is 25.3 Å². The maximum Gasteiger partial charge on any atom is 0.291 e. The van der Waals surface area contributed by atoms with Crippen molar-refractivity contribution in [2.24, 2.45) is 0 Å². The number of hydrogen-bond acceptors (Lipinski definition) is 5. The van der Waals surface area contributed by atoms with E-state index in [0.717, 1.165) is 62.7 Å². The Hall–Kier alpha value is -3.09. The third kappa shape index (κ3) is 5.03. The van der Waals surface area contributed by atoms with Crippen molar-refractivity contribution in [3.8, 4) is 5.75 Å². The summed E-state index contributed by atoms with van der Waals surface area (Å²) >= 11 is 0. The summed E-state index contributed by atoms with van der Waals surface area (Å²) in [7, 11) is 0. The van der Waals surface area contributed by atoms with Crippen LogP contribution in [0.4, 0.5) is 5.69 Å². The number of furan rings is 1. The minimum Gasteiger partial charge on any atom is -0.486 e. The van der Waals surface area contributed by atoms with E-state index in [1.54, 1.807) is 12.1 Å². The van der Waals surface area contributed by atoms with Crippen LogP contribution in [-0.2, 0) is 30.7 Å². The van der Waals surface area contributed by atoms with Crippen molar-refractivity contribution in [1.29, 1.82) is 0 Å². The van der Waals surface area contributed by atoms with Crippen LogP contribution in [0.5, 0.6) is 5.75 Å². The molecule has 0 saturated carbocycles. The SMILES string of the molecule is O=C(Nc1cccc(CN2CCOCC2)c1)c1ccc(COc2ccc3c(c2)CCC3)o1. The van der Waals surface area contributed by atoms with Crippen LogP contribution in [0.2, 0.25) is 0 Å². The Morgan fingerprint density at radius 1 is 1.00 bits per heavy atom. The molecule has 5 rings (SSSR count). The van der Waals surface area contributed by atoms with Crippen LogP contribution < -0.4 is 10.1 Å². The van der Waals surface area contributed by atoms with Gasteiger partial charge in [-0.2, -0.15) is 0 Å². The molecule has 1 amide bonds. The lowest BCUT2D eigenvalue weighted by atomic mass is 10.1. The van der Waals surface area contributed by atoms with Gasteiger partial charge in [-0.1, -0.05) is 18.2 Å². The Morgan fingerprint density at radius 2 is 1.88 bits per heavy atom. The molecule has 0 radical (unpaired) electrons. The molecule has 6 nitrogen and oxygen atoms in total. The lowest BCUT2D eigenvalue weighted by Gasteiger charge is -2.26. The minimum atomic E-state index is -0.266. The molecule has 6 heteroatoms. The summed E-state index contributed by atoms with van der Waals surface area (Å²) in [5.74, 6) is 1.47. The van der Waals surface area contributed by atoms with E-state index >= 15 is 0 Å². The average molecular weight is 433 g/mol. The van der Waals surface area contributed by atoms with E-state index in [1.807, 2.05) is 24.3 Å². The maximum atomic E-state index is 12.7. The Bertz CT molecular complexity index is 1080. The number of morpholine rings is 1. The van der Waals surface area contributed by atoms with E-state index in [4.69, 9.17) is 13.9 Å². The second-order valence-electron chi connectivity index (χ2n) is 8.38. The molecule has 0 unspecified atom stereocenters. The van der Waals surface area contributed by atoms with Crippen LogP contribution in [-0.4, -0.2) is 37.1 Å². The van der Waals surface area contributed by atoms with Gasteiger partial charge in [-0.25, -0.2) is 0 Å². The van der Waals surface area contributed by atoms with E-state index in [0.29, 0.717) is 12.4 Å². The van der Waals surface area contributed by atoms with E-state index < -0.39 is 0 Å². The van der Waals surface area contributed by atoms with Crippen molar-refractivity contribution >= 4 is 11.6 Å². The molecule has 1 aromatic heterocycles. The molecule has 3 aromatic rings. The van der Waals surface area contributed by atoms with Crippen molar-refractivity contribution in [3.05, 3.63) is 82.8 Å². The van der Waals surface area contributed by atoms with Crippen molar-refractivity contribution in [2.45, 2.75) is 32.4 Å². The fourth-order valence-corrected chi connectivity index (χ4v) is 4.33. The first-order valence-electron chi connectivity index (χ1n) is 11.3. The van der Waals surface area contributed by atoms with Gasteiger partial charge in [-0.15, -0.1) is 0 Å². The highest BCUT2D eigenvalue weighted by Crippen LogP contribution is 2.26. The van der Waals surface area contributed by atoms with Gasteiger partial charge < -0.3 is 19.2 Å². The molecule has 0 atom stereocenters. The number of aryl methyl sites for hydroxylation is 2. The smallest absolute Gasteiger partial charge is 0.291 e. The zero-order chi connectivity index (χ0) is 21.8. The molecule has 0 bridgehead atoms. The second kappa shape index (κ2) is 9.59. The molecule has 0 spiro atoms. The summed E-state index contributed by atoms with van der Waals surface area (Å²) < 4.78 is 17.0. The lowest BCUT2D eigenvalue weighted by molar-refractivity contribution is 0.0342. The summed E-state index contributed by atoms with van der Waals surface area (Å²) in [6, 6.07) is 17.7. The first-order chi connectivity index (χ1) is 15.7. The van der Waals surface area contributed by atoms with Crippen molar-refractivity contribution in [3.63, 3.8) is 0 Å². The highest BCUT2D eigenvalue weighted by atomic mass is 16.5. The van der Waals surface area contributed by atoms with Gasteiger partial charge in [0.1, 0.15) is 18.1 Å². The zero-order valence-electron chi connectivity index (χ0n) is 18.1. The minimum absolute atomic E-state index is 0.266. The van der Waals surface area contributed by atoms with Gasteiger partial charge in [0.05, 0.1) is 13.2 Å². The molecule has 1 aliphatic carbocycles. The standard InChI is InChI=1S/C26H28N2O4/c29-26(27-22-6-1-3-19(15-22)17-28-11-13-30-14-12-28)25-10-9-24(32-25)18-31-23-8-7-20-4-2-5-21(20)16-23/h1,3,6-10,15-16H,2,4-5,11-14,17-18H2,(H,27,29). The average Bonchev–Trinajstić information content (AvgIpc) is 3.48. The Kier molecular flexibility index (Phi) is 6.23. The highest BCUT2D eigenvalue weighted by Gasteiger charge is 2.15. The predicted octanol–water partition coefficient (Wildman–Crippen LogP) is 4.43. The number of fused-ring (bicyclic) bond motifs is 1. The normalized spacial score (nSPS) is 16.0. The number of ether oxygens (including phenoxy) is 2. The number of nitrogens with one attached hydrogen (secondary N) is 1. The fraction of sp³-hybridized carbons (Fsp3) is 0.346. The zero-order valence-corrected chi connectivity index (χ0v) is 18.1. The van der Waals surface area contributed by atoms with Crippen LogP contribution in [0.3, 0.4) is 0 Å². The van der Waals surface area contributed by atoms with Crippen molar-refractivity contribution < 1.29 is 18.7 Å². The van der Waals surface area contributed by atoms with Crippen LogP contribution >= 0.6 is 0 Å². The number of rotatable bonds is 7. The molecule has 1 N–H and O–H groups in total. The van der Waals surface area contributed by atoms with E-state index in [1.165, 1.54) is 17.5 Å². The summed E-state index contributed by atoms with van der Waals surface area (Å²) in [5.41, 5.74) is 4.71. The molecule has 2 aromatic carbocycles. The summed E-state index contributed by atoms with van der Waals surface area (Å²) in [4.78, 5) is 15.0. The number of carbonyl (C=O) groups is 1. The monoisotopic (exact) mass is 432 g/mol. The van der Waals surface area contributed by atoms with E-state index in [2.05, 4.69) is 28.4 Å². The molecule has 2 aliphatic rings. The molecular weight excluding hydrogens is 404 g/mol. The Balaban J connectivity index is 1.16. The van der Waals surface area contributed by atoms with Gasteiger partial charge >= 0.3 is 0 Å². The molecule has 1 fully saturated rings. The fourth-order valence-electron chi connectivity index (χ4n) is 4.33. The van der Waals surface area contributed by atoms with Gasteiger partial charge in [-0.3, -0.25) is 9.69 Å². The first-order valence-corrected chi connectivity index (χ1v) is 11.3. The van der Waals surface area contributed by atoms with Crippen LogP contribution in [0.25, 0.3) is 0 Å². The summed E-state index contributed by atoms with van der Waals surface area (Å²) in [6.07, 6.45) is 3.49. The predicted molar refractivity (Wildman–Crippen MR) is 122 cm³/mol. The molecule has 1 aliphatic heterocycles. The Labute approximate surface area is 188 Å². The molecule has 166 valence electrons. The summed E-state index contributed by atoms with van der Waals surface area (Å²) in [5, 5.41) is 2.93. The second-order valence-corrected chi connectivity index (χ2v) is 8.38. The first kappa shape index (κ1) is 20.8. The number of nitrogens with zero attached hydrogens (tertiary/aromatic N) is 1. The van der Waals surface area contributed by atoms with Crippen molar-refractivity contribution in [1.82, 2.24) is 4.90 Å². The van der Waals surface area contributed by atoms with Crippen LogP contribution in [0.15, 0.2) is 59.0 Å². The molecular formula is C26H28N2O4. The number of hydrogen-bond donors (Lipinski definition) is 1.